The largest absolute Gasteiger partial charge is 0.330 e. The Kier molecular flexibility index (Phi) is 6.70. The summed E-state index contributed by atoms with van der Waals surface area (Å²) in [5.74, 6) is 0.721. The maximum Gasteiger partial charge on any atom is 0.0233 e. The van der Waals surface area contributed by atoms with Crippen molar-refractivity contribution in [3.63, 3.8) is 0 Å². The Morgan fingerprint density at radius 1 is 1.10 bits per heavy atom. The highest BCUT2D eigenvalue weighted by Crippen LogP contribution is 2.17. The van der Waals surface area contributed by atoms with Gasteiger partial charge in [0.2, 0.25) is 0 Å². The Balaban J connectivity index is 2.61. The van der Waals surface area contributed by atoms with Gasteiger partial charge in [-0.25, -0.2) is 0 Å². The average molecular weight is 276 g/mol. The quantitative estimate of drug-likeness (QED) is 0.784. The molecule has 1 rings (SSSR count). The molecule has 0 unspecified atom stereocenters. The molecule has 0 aliphatic carbocycles. The molecule has 2 nitrogen and oxygen atoms in total. The molecule has 0 spiro atoms. The zero-order chi connectivity index (χ0) is 15.2. The molecular weight excluding hydrogens is 244 g/mol. The highest BCUT2D eigenvalue weighted by molar-refractivity contribution is 5.22. The van der Waals surface area contributed by atoms with Crippen LogP contribution in [-0.2, 0) is 13.0 Å². The molecule has 0 atom stereocenters. The lowest BCUT2D eigenvalue weighted by atomic mass is 9.93. The summed E-state index contributed by atoms with van der Waals surface area (Å²) in [6, 6.07) is 9.10. The number of benzene rings is 1. The Hall–Kier alpha value is -0.860. The normalized spacial score (nSPS) is 12.4. The van der Waals surface area contributed by atoms with Gasteiger partial charge in [-0.2, -0.15) is 0 Å². The van der Waals surface area contributed by atoms with E-state index in [1.807, 2.05) is 0 Å². The summed E-state index contributed by atoms with van der Waals surface area (Å²) in [5, 5.41) is 0. The number of hydrogen-bond donors (Lipinski definition) is 1. The standard InChI is InChI=1S/C18H32N2/c1-6-20(14-18(4,5)13-19)12-17-9-7-16(8-10-17)11-15(2)3/h7-10,15H,6,11-14,19H2,1-5H3. The smallest absolute Gasteiger partial charge is 0.0233 e. The zero-order valence-corrected chi connectivity index (χ0v) is 13.9. The second-order valence-corrected chi connectivity index (χ2v) is 7.09. The van der Waals surface area contributed by atoms with Crippen LogP contribution < -0.4 is 5.73 Å². The van der Waals surface area contributed by atoms with E-state index in [4.69, 9.17) is 5.73 Å². The monoisotopic (exact) mass is 276 g/mol. The Morgan fingerprint density at radius 2 is 1.65 bits per heavy atom. The molecule has 0 aliphatic rings. The molecule has 0 fully saturated rings. The van der Waals surface area contributed by atoms with Crippen LogP contribution in [0.3, 0.4) is 0 Å². The fraction of sp³-hybridized carbons (Fsp3) is 0.667. The van der Waals surface area contributed by atoms with Crippen LogP contribution in [-0.4, -0.2) is 24.5 Å². The van der Waals surface area contributed by atoms with Crippen LogP contribution in [0.15, 0.2) is 24.3 Å². The van der Waals surface area contributed by atoms with E-state index in [1.165, 1.54) is 11.1 Å². The number of rotatable bonds is 8. The van der Waals surface area contributed by atoms with Gasteiger partial charge >= 0.3 is 0 Å². The Bertz CT molecular complexity index is 379. The fourth-order valence-electron chi connectivity index (χ4n) is 2.46. The molecule has 2 heteroatoms. The van der Waals surface area contributed by atoms with Crippen LogP contribution in [0.2, 0.25) is 0 Å². The fourth-order valence-corrected chi connectivity index (χ4v) is 2.46. The summed E-state index contributed by atoms with van der Waals surface area (Å²) in [6.07, 6.45) is 1.16. The van der Waals surface area contributed by atoms with Gasteiger partial charge in [0.15, 0.2) is 0 Å². The summed E-state index contributed by atoms with van der Waals surface area (Å²) in [5.41, 5.74) is 8.86. The summed E-state index contributed by atoms with van der Waals surface area (Å²) in [4.78, 5) is 2.48. The third-order valence-electron chi connectivity index (χ3n) is 3.72. The van der Waals surface area contributed by atoms with Crippen molar-refractivity contribution in [2.45, 2.75) is 47.6 Å². The molecule has 20 heavy (non-hydrogen) atoms. The van der Waals surface area contributed by atoms with Gasteiger partial charge in [-0.05, 0) is 42.0 Å². The number of hydrogen-bond acceptors (Lipinski definition) is 2. The number of nitrogens with zero attached hydrogens (tertiary/aromatic N) is 1. The second kappa shape index (κ2) is 7.80. The van der Waals surface area contributed by atoms with E-state index in [-0.39, 0.29) is 5.41 Å². The minimum absolute atomic E-state index is 0.188. The first-order chi connectivity index (χ1) is 9.36. The van der Waals surface area contributed by atoms with Gasteiger partial charge in [0.1, 0.15) is 0 Å². The van der Waals surface area contributed by atoms with Crippen LogP contribution >= 0.6 is 0 Å². The zero-order valence-electron chi connectivity index (χ0n) is 13.9. The first kappa shape index (κ1) is 17.2. The maximum absolute atomic E-state index is 5.84. The van der Waals surface area contributed by atoms with Crippen LogP contribution in [0.5, 0.6) is 0 Å². The second-order valence-electron chi connectivity index (χ2n) is 7.09. The molecule has 0 amide bonds. The summed E-state index contributed by atoms with van der Waals surface area (Å²) < 4.78 is 0. The highest BCUT2D eigenvalue weighted by atomic mass is 15.1. The van der Waals surface area contributed by atoms with E-state index in [0.29, 0.717) is 0 Å². The van der Waals surface area contributed by atoms with Crippen molar-refractivity contribution in [1.82, 2.24) is 4.90 Å². The van der Waals surface area contributed by atoms with Crippen molar-refractivity contribution >= 4 is 0 Å². The van der Waals surface area contributed by atoms with E-state index in [2.05, 4.69) is 63.8 Å². The van der Waals surface area contributed by atoms with Crippen molar-refractivity contribution in [2.75, 3.05) is 19.6 Å². The molecule has 114 valence electrons. The average Bonchev–Trinajstić information content (AvgIpc) is 2.39. The molecule has 0 aromatic heterocycles. The molecule has 0 saturated heterocycles. The van der Waals surface area contributed by atoms with Crippen LogP contribution in [0.4, 0.5) is 0 Å². The van der Waals surface area contributed by atoms with Gasteiger partial charge in [0.05, 0.1) is 0 Å². The molecule has 0 heterocycles. The van der Waals surface area contributed by atoms with E-state index in [9.17, 15) is 0 Å². The van der Waals surface area contributed by atoms with Gasteiger partial charge in [-0.1, -0.05) is 58.9 Å². The van der Waals surface area contributed by atoms with Crippen LogP contribution in [0, 0.1) is 11.3 Å². The molecule has 0 bridgehead atoms. The van der Waals surface area contributed by atoms with E-state index >= 15 is 0 Å². The van der Waals surface area contributed by atoms with Gasteiger partial charge < -0.3 is 5.73 Å². The summed E-state index contributed by atoms with van der Waals surface area (Å²) in [7, 11) is 0. The minimum Gasteiger partial charge on any atom is -0.330 e. The van der Waals surface area contributed by atoms with Crippen molar-refractivity contribution in [3.05, 3.63) is 35.4 Å². The van der Waals surface area contributed by atoms with Gasteiger partial charge in [-0.3, -0.25) is 4.90 Å². The summed E-state index contributed by atoms with van der Waals surface area (Å²) in [6.45, 7) is 15.1. The molecule has 0 radical (unpaired) electrons. The third kappa shape index (κ3) is 6.06. The van der Waals surface area contributed by atoms with Crippen molar-refractivity contribution in [3.8, 4) is 0 Å². The predicted octanol–water partition coefficient (Wildman–Crippen LogP) is 3.69. The molecule has 0 saturated carbocycles. The first-order valence-electron chi connectivity index (χ1n) is 7.86. The van der Waals surface area contributed by atoms with E-state index in [0.717, 1.165) is 38.5 Å². The van der Waals surface area contributed by atoms with Gasteiger partial charge in [0.25, 0.3) is 0 Å². The van der Waals surface area contributed by atoms with E-state index in [1.54, 1.807) is 0 Å². The molecule has 1 aromatic rings. The topological polar surface area (TPSA) is 29.3 Å². The third-order valence-corrected chi connectivity index (χ3v) is 3.72. The molecule has 1 aromatic carbocycles. The Morgan fingerprint density at radius 3 is 2.10 bits per heavy atom. The van der Waals surface area contributed by atoms with Crippen LogP contribution in [0.25, 0.3) is 0 Å². The first-order valence-corrected chi connectivity index (χ1v) is 7.86. The van der Waals surface area contributed by atoms with Crippen molar-refractivity contribution < 1.29 is 0 Å². The highest BCUT2D eigenvalue weighted by Gasteiger charge is 2.19. The maximum atomic E-state index is 5.84. The van der Waals surface area contributed by atoms with Gasteiger partial charge in [-0.15, -0.1) is 0 Å². The van der Waals surface area contributed by atoms with E-state index < -0.39 is 0 Å². The lowest BCUT2D eigenvalue weighted by Gasteiger charge is -2.31. The van der Waals surface area contributed by atoms with Crippen molar-refractivity contribution in [1.29, 1.82) is 0 Å². The predicted molar refractivity (Wildman–Crippen MR) is 88.8 cm³/mol. The lowest BCUT2D eigenvalue weighted by molar-refractivity contribution is 0.183. The molecule has 0 aliphatic heterocycles. The Labute approximate surface area is 125 Å². The molecular formula is C18H32N2. The van der Waals surface area contributed by atoms with Crippen molar-refractivity contribution in [2.24, 2.45) is 17.1 Å². The molecule has 2 N–H and O–H groups in total. The summed E-state index contributed by atoms with van der Waals surface area (Å²) >= 11 is 0. The van der Waals surface area contributed by atoms with Gasteiger partial charge in [0, 0.05) is 13.1 Å². The van der Waals surface area contributed by atoms with Crippen LogP contribution in [0.1, 0.15) is 45.7 Å². The number of nitrogens with two attached hydrogens (primary N) is 1. The SMILES string of the molecule is CCN(Cc1ccc(CC(C)C)cc1)CC(C)(C)CN. The lowest BCUT2D eigenvalue weighted by Crippen LogP contribution is -2.38. The minimum atomic E-state index is 0.188.